The van der Waals surface area contributed by atoms with Gasteiger partial charge in [0.2, 0.25) is 5.88 Å². The van der Waals surface area contributed by atoms with E-state index in [0.717, 1.165) is 23.9 Å². The Labute approximate surface area is 124 Å². The highest BCUT2D eigenvalue weighted by atomic mass is 32.2. The molecule has 1 atom stereocenters. The maximum atomic E-state index is 5.76. The van der Waals surface area contributed by atoms with Gasteiger partial charge in [-0.2, -0.15) is 0 Å². The number of thioether (sulfide) groups is 1. The van der Waals surface area contributed by atoms with Crippen LogP contribution in [0.2, 0.25) is 0 Å². The fraction of sp³-hybridized carbons (Fsp3) is 0.312. The van der Waals surface area contributed by atoms with Gasteiger partial charge in [0, 0.05) is 23.9 Å². The molecule has 1 aromatic carbocycles. The van der Waals surface area contributed by atoms with Gasteiger partial charge in [-0.3, -0.25) is 0 Å². The summed E-state index contributed by atoms with van der Waals surface area (Å²) in [6, 6.07) is 12.7. The smallest absolute Gasteiger partial charge is 0.237 e. The largest absolute Gasteiger partial charge is 0.471 e. The zero-order chi connectivity index (χ0) is 13.9. The molecule has 20 heavy (non-hydrogen) atoms. The van der Waals surface area contributed by atoms with Crippen molar-refractivity contribution in [2.45, 2.75) is 23.7 Å². The predicted octanol–water partition coefficient (Wildman–Crippen LogP) is 3.59. The van der Waals surface area contributed by atoms with Gasteiger partial charge in [0.25, 0.3) is 0 Å². The van der Waals surface area contributed by atoms with Gasteiger partial charge in [0.05, 0.1) is 6.54 Å². The summed E-state index contributed by atoms with van der Waals surface area (Å²) < 4.78 is 5.76. The Morgan fingerprint density at radius 3 is 2.95 bits per heavy atom. The number of pyridine rings is 1. The summed E-state index contributed by atoms with van der Waals surface area (Å²) in [6.07, 6.45) is 2.10. The van der Waals surface area contributed by atoms with E-state index in [9.17, 15) is 0 Å². The average Bonchev–Trinajstić information content (AvgIpc) is 2.46. The summed E-state index contributed by atoms with van der Waals surface area (Å²) in [7, 11) is 2.09. The SMILES string of the molecule is C[C@@H]1CN(C)c2cc(SCc3ccccc3)cnc2O1. The molecule has 1 aromatic heterocycles. The second-order valence-corrected chi connectivity index (χ2v) is 6.13. The molecular formula is C16H18N2OS. The third kappa shape index (κ3) is 2.90. The van der Waals surface area contributed by atoms with Crippen molar-refractivity contribution in [1.29, 1.82) is 0 Å². The van der Waals surface area contributed by atoms with Gasteiger partial charge in [-0.25, -0.2) is 4.98 Å². The number of likely N-dealkylation sites (N-methyl/N-ethyl adjacent to an activating group) is 1. The molecule has 0 saturated heterocycles. The molecule has 1 aliphatic rings. The fourth-order valence-electron chi connectivity index (χ4n) is 2.32. The third-order valence-electron chi connectivity index (χ3n) is 3.31. The second-order valence-electron chi connectivity index (χ2n) is 5.08. The molecule has 3 nitrogen and oxygen atoms in total. The number of hydrogen-bond acceptors (Lipinski definition) is 4. The first-order valence-corrected chi connectivity index (χ1v) is 7.75. The Morgan fingerprint density at radius 2 is 2.15 bits per heavy atom. The van der Waals surface area contributed by atoms with Crippen molar-refractivity contribution in [1.82, 2.24) is 4.98 Å². The van der Waals surface area contributed by atoms with Crippen molar-refractivity contribution in [2.75, 3.05) is 18.5 Å². The Hall–Kier alpha value is -1.68. The van der Waals surface area contributed by atoms with E-state index in [1.807, 2.05) is 12.3 Å². The van der Waals surface area contributed by atoms with Crippen LogP contribution in [0.4, 0.5) is 5.69 Å². The lowest BCUT2D eigenvalue weighted by Gasteiger charge is -2.31. The lowest BCUT2D eigenvalue weighted by molar-refractivity contribution is 0.206. The number of nitrogens with zero attached hydrogens (tertiary/aromatic N) is 2. The van der Waals surface area contributed by atoms with Crippen molar-refractivity contribution in [3.8, 4) is 5.88 Å². The van der Waals surface area contributed by atoms with Crippen LogP contribution in [0.5, 0.6) is 5.88 Å². The zero-order valence-electron chi connectivity index (χ0n) is 11.7. The first-order chi connectivity index (χ1) is 9.72. The van der Waals surface area contributed by atoms with E-state index in [1.54, 1.807) is 11.8 Å². The first kappa shape index (κ1) is 13.3. The second kappa shape index (κ2) is 5.75. The number of benzene rings is 1. The molecule has 2 aromatic rings. The minimum Gasteiger partial charge on any atom is -0.471 e. The molecule has 104 valence electrons. The van der Waals surface area contributed by atoms with E-state index in [4.69, 9.17) is 4.74 Å². The summed E-state index contributed by atoms with van der Waals surface area (Å²) >= 11 is 1.80. The number of ether oxygens (including phenoxy) is 1. The number of rotatable bonds is 3. The Morgan fingerprint density at radius 1 is 1.35 bits per heavy atom. The molecule has 0 fully saturated rings. The van der Waals surface area contributed by atoms with Crippen LogP contribution in [-0.4, -0.2) is 24.7 Å². The van der Waals surface area contributed by atoms with E-state index in [0.29, 0.717) is 0 Å². The van der Waals surface area contributed by atoms with E-state index in [1.165, 1.54) is 10.5 Å². The van der Waals surface area contributed by atoms with Crippen LogP contribution in [0.25, 0.3) is 0 Å². The monoisotopic (exact) mass is 286 g/mol. The molecule has 1 aliphatic heterocycles. The molecule has 3 rings (SSSR count). The minimum absolute atomic E-state index is 0.197. The van der Waals surface area contributed by atoms with Crippen LogP contribution in [0.1, 0.15) is 12.5 Å². The number of anilines is 1. The van der Waals surface area contributed by atoms with Gasteiger partial charge in [-0.15, -0.1) is 11.8 Å². The van der Waals surface area contributed by atoms with Crippen LogP contribution < -0.4 is 9.64 Å². The van der Waals surface area contributed by atoms with Crippen molar-refractivity contribution in [2.24, 2.45) is 0 Å². The Bertz CT molecular complexity index is 588. The summed E-state index contributed by atoms with van der Waals surface area (Å²) in [5, 5.41) is 0. The molecule has 0 amide bonds. The lowest BCUT2D eigenvalue weighted by Crippen LogP contribution is -2.36. The topological polar surface area (TPSA) is 25.4 Å². The number of aromatic nitrogens is 1. The van der Waals surface area contributed by atoms with Crippen molar-refractivity contribution in [3.63, 3.8) is 0 Å². The van der Waals surface area contributed by atoms with Crippen LogP contribution in [-0.2, 0) is 5.75 Å². The molecule has 2 heterocycles. The van der Waals surface area contributed by atoms with Gasteiger partial charge >= 0.3 is 0 Å². The van der Waals surface area contributed by atoms with E-state index < -0.39 is 0 Å². The number of fused-ring (bicyclic) bond motifs is 1. The third-order valence-corrected chi connectivity index (χ3v) is 4.34. The molecular weight excluding hydrogens is 268 g/mol. The van der Waals surface area contributed by atoms with Gasteiger partial charge in [0.1, 0.15) is 11.8 Å². The highest BCUT2D eigenvalue weighted by Gasteiger charge is 2.21. The van der Waals surface area contributed by atoms with E-state index >= 15 is 0 Å². The van der Waals surface area contributed by atoms with E-state index in [2.05, 4.69) is 54.2 Å². The zero-order valence-corrected chi connectivity index (χ0v) is 12.6. The summed E-state index contributed by atoms with van der Waals surface area (Å²) in [6.45, 7) is 2.97. The van der Waals surface area contributed by atoms with Gasteiger partial charge < -0.3 is 9.64 Å². The average molecular weight is 286 g/mol. The van der Waals surface area contributed by atoms with Crippen molar-refractivity contribution in [3.05, 3.63) is 48.2 Å². The minimum atomic E-state index is 0.197. The normalized spacial score (nSPS) is 17.5. The summed E-state index contributed by atoms with van der Waals surface area (Å²) in [4.78, 5) is 7.84. The van der Waals surface area contributed by atoms with Crippen LogP contribution >= 0.6 is 11.8 Å². The maximum absolute atomic E-state index is 5.76. The standard InChI is InChI=1S/C16H18N2OS/c1-12-10-18(2)15-8-14(9-17-16(15)19-12)20-11-13-6-4-3-5-7-13/h3-9,12H,10-11H2,1-2H3/t12-/m1/s1. The first-order valence-electron chi connectivity index (χ1n) is 6.77. The van der Waals surface area contributed by atoms with Crippen molar-refractivity contribution >= 4 is 17.4 Å². The van der Waals surface area contributed by atoms with Gasteiger partial charge in [-0.1, -0.05) is 30.3 Å². The Kier molecular flexibility index (Phi) is 3.83. The maximum Gasteiger partial charge on any atom is 0.237 e. The number of hydrogen-bond donors (Lipinski definition) is 0. The van der Waals surface area contributed by atoms with Gasteiger partial charge in [0.15, 0.2) is 0 Å². The predicted molar refractivity (Wildman–Crippen MR) is 83.6 cm³/mol. The summed E-state index contributed by atoms with van der Waals surface area (Å²) in [5.74, 6) is 1.71. The molecule has 0 saturated carbocycles. The van der Waals surface area contributed by atoms with Crippen LogP contribution in [0, 0.1) is 0 Å². The van der Waals surface area contributed by atoms with E-state index in [-0.39, 0.29) is 6.10 Å². The van der Waals surface area contributed by atoms with Crippen LogP contribution in [0.3, 0.4) is 0 Å². The lowest BCUT2D eigenvalue weighted by atomic mass is 10.2. The van der Waals surface area contributed by atoms with Crippen LogP contribution in [0.15, 0.2) is 47.5 Å². The quantitative estimate of drug-likeness (QED) is 0.805. The molecule has 4 heteroatoms. The molecule has 0 unspecified atom stereocenters. The molecule has 0 N–H and O–H groups in total. The molecule has 0 bridgehead atoms. The molecule has 0 radical (unpaired) electrons. The molecule has 0 spiro atoms. The van der Waals surface area contributed by atoms with Gasteiger partial charge in [-0.05, 0) is 18.6 Å². The highest BCUT2D eigenvalue weighted by Crippen LogP contribution is 2.34. The van der Waals surface area contributed by atoms with Crippen molar-refractivity contribution < 1.29 is 4.74 Å². The summed E-state index contributed by atoms with van der Waals surface area (Å²) in [5.41, 5.74) is 2.41. The Balaban J connectivity index is 1.74. The highest BCUT2D eigenvalue weighted by molar-refractivity contribution is 7.98. The molecule has 0 aliphatic carbocycles. The fourth-order valence-corrected chi connectivity index (χ4v) is 3.17.